The van der Waals surface area contributed by atoms with Crippen LogP contribution in [0.4, 0.5) is 10.1 Å². The van der Waals surface area contributed by atoms with E-state index in [0.29, 0.717) is 4.90 Å². The summed E-state index contributed by atoms with van der Waals surface area (Å²) in [4.78, 5) is 37.5. The van der Waals surface area contributed by atoms with Crippen LogP contribution in [0.15, 0.2) is 42.5 Å². The predicted octanol–water partition coefficient (Wildman–Crippen LogP) is 1.99. The number of amides is 3. The van der Waals surface area contributed by atoms with Gasteiger partial charge in [-0.3, -0.25) is 14.4 Å². The van der Waals surface area contributed by atoms with Crippen LogP contribution < -0.4 is 10.2 Å². The lowest BCUT2D eigenvalue weighted by atomic mass is 10.1. The number of halogens is 1. The Hall–Kier alpha value is -3.02. The number of hydrogen-bond donors (Lipinski definition) is 1. The smallest absolute Gasteiger partial charge is 0.266 e. The molecule has 1 aliphatic rings. The van der Waals surface area contributed by atoms with Crippen LogP contribution >= 0.6 is 0 Å². The van der Waals surface area contributed by atoms with Gasteiger partial charge in [0, 0.05) is 7.05 Å². The summed E-state index contributed by atoms with van der Waals surface area (Å²) in [6.07, 6.45) is 0. The Morgan fingerprint density at radius 3 is 2.14 bits per heavy atom. The number of para-hydroxylation sites is 1. The van der Waals surface area contributed by atoms with E-state index in [2.05, 4.69) is 5.32 Å². The van der Waals surface area contributed by atoms with Crippen LogP contribution in [-0.4, -0.2) is 24.8 Å². The highest BCUT2D eigenvalue weighted by Crippen LogP contribution is 2.32. The second-order valence-corrected chi connectivity index (χ2v) is 4.71. The highest BCUT2D eigenvalue weighted by Gasteiger charge is 2.39. The number of imide groups is 1. The Morgan fingerprint density at radius 1 is 1.00 bits per heavy atom. The van der Waals surface area contributed by atoms with Gasteiger partial charge in [0.1, 0.15) is 11.5 Å². The van der Waals surface area contributed by atoms with E-state index in [1.165, 1.54) is 31.3 Å². The zero-order valence-electron chi connectivity index (χ0n) is 11.6. The molecule has 22 heavy (non-hydrogen) atoms. The predicted molar refractivity (Wildman–Crippen MR) is 77.4 cm³/mol. The molecule has 3 amide bonds. The molecule has 1 heterocycles. The van der Waals surface area contributed by atoms with E-state index in [1.807, 2.05) is 0 Å². The minimum atomic E-state index is -0.810. The number of hydrogen-bond acceptors (Lipinski definition) is 3. The molecule has 1 aliphatic heterocycles. The third kappa shape index (κ3) is 1.88. The summed E-state index contributed by atoms with van der Waals surface area (Å²) in [5, 5.41) is 2.37. The molecule has 0 fully saturated rings. The van der Waals surface area contributed by atoms with Crippen molar-refractivity contribution in [3.8, 4) is 0 Å². The molecule has 6 heteroatoms. The van der Waals surface area contributed by atoms with Crippen molar-refractivity contribution in [3.63, 3.8) is 0 Å². The van der Waals surface area contributed by atoms with Gasteiger partial charge in [0.15, 0.2) is 0 Å². The fraction of sp³-hybridized carbons (Fsp3) is 0.0625. The minimum absolute atomic E-state index is 0.0722. The summed E-state index contributed by atoms with van der Waals surface area (Å²) in [5.41, 5.74) is -0.0118. The molecule has 2 aromatic carbocycles. The van der Waals surface area contributed by atoms with Gasteiger partial charge in [-0.1, -0.05) is 18.2 Å². The van der Waals surface area contributed by atoms with Crippen molar-refractivity contribution in [1.82, 2.24) is 5.32 Å². The Morgan fingerprint density at radius 2 is 1.59 bits per heavy atom. The maximum Gasteiger partial charge on any atom is 0.266 e. The van der Waals surface area contributed by atoms with Gasteiger partial charge in [-0.15, -0.1) is 0 Å². The first kappa shape index (κ1) is 13.9. The molecule has 0 radical (unpaired) electrons. The average molecular weight is 298 g/mol. The SMILES string of the molecule is CNC(=O)c1cccc(F)c1N1C(=O)c2ccccc2C1=O. The number of rotatable bonds is 2. The number of anilines is 1. The Kier molecular flexibility index (Phi) is 3.21. The van der Waals surface area contributed by atoms with Crippen LogP contribution in [-0.2, 0) is 0 Å². The van der Waals surface area contributed by atoms with Gasteiger partial charge in [-0.2, -0.15) is 0 Å². The molecule has 3 rings (SSSR count). The van der Waals surface area contributed by atoms with Crippen LogP contribution in [0.2, 0.25) is 0 Å². The maximum atomic E-state index is 14.2. The molecule has 0 unspecified atom stereocenters. The molecule has 0 atom stereocenters. The van der Waals surface area contributed by atoms with E-state index >= 15 is 0 Å². The normalized spacial score (nSPS) is 13.3. The number of nitrogens with one attached hydrogen (secondary N) is 1. The lowest BCUT2D eigenvalue weighted by molar-refractivity contribution is 0.0924. The molecule has 0 aromatic heterocycles. The number of benzene rings is 2. The van der Waals surface area contributed by atoms with Crippen molar-refractivity contribution in [1.29, 1.82) is 0 Å². The molecule has 0 spiro atoms. The molecule has 1 N–H and O–H groups in total. The van der Waals surface area contributed by atoms with Crippen LogP contribution in [0.5, 0.6) is 0 Å². The van der Waals surface area contributed by atoms with Crippen molar-refractivity contribution < 1.29 is 18.8 Å². The highest BCUT2D eigenvalue weighted by atomic mass is 19.1. The second kappa shape index (κ2) is 5.07. The van der Waals surface area contributed by atoms with Crippen molar-refractivity contribution in [2.45, 2.75) is 0 Å². The fourth-order valence-corrected chi connectivity index (χ4v) is 2.45. The molecular formula is C16H11FN2O3. The summed E-state index contributed by atoms with van der Waals surface area (Å²) in [5.74, 6) is -2.67. The molecule has 2 aromatic rings. The van der Waals surface area contributed by atoms with Gasteiger partial charge in [0.2, 0.25) is 0 Å². The summed E-state index contributed by atoms with van der Waals surface area (Å²) in [6.45, 7) is 0. The largest absolute Gasteiger partial charge is 0.355 e. The first-order valence-corrected chi connectivity index (χ1v) is 6.54. The summed E-state index contributed by atoms with van der Waals surface area (Å²) in [6, 6.07) is 10.0. The molecular weight excluding hydrogens is 287 g/mol. The summed E-state index contributed by atoms with van der Waals surface area (Å²) < 4.78 is 14.2. The van der Waals surface area contributed by atoms with Gasteiger partial charge in [-0.25, -0.2) is 9.29 Å². The van der Waals surface area contributed by atoms with Gasteiger partial charge >= 0.3 is 0 Å². The second-order valence-electron chi connectivity index (χ2n) is 4.71. The van der Waals surface area contributed by atoms with Gasteiger partial charge in [0.05, 0.1) is 16.7 Å². The molecule has 0 saturated heterocycles. The standard InChI is InChI=1S/C16H11FN2O3/c1-18-14(20)11-7-4-8-12(17)13(11)19-15(21)9-5-2-3-6-10(9)16(19)22/h2-8H,1H3,(H,18,20). The third-order valence-electron chi connectivity index (χ3n) is 3.48. The van der Waals surface area contributed by atoms with Crippen molar-refractivity contribution in [2.24, 2.45) is 0 Å². The van der Waals surface area contributed by atoms with Crippen molar-refractivity contribution in [3.05, 3.63) is 65.0 Å². The lowest BCUT2D eigenvalue weighted by Crippen LogP contribution is -2.33. The number of fused-ring (bicyclic) bond motifs is 1. The van der Waals surface area contributed by atoms with E-state index in [-0.39, 0.29) is 22.4 Å². The minimum Gasteiger partial charge on any atom is -0.355 e. The zero-order chi connectivity index (χ0) is 15.9. The van der Waals surface area contributed by atoms with Crippen molar-refractivity contribution in [2.75, 3.05) is 11.9 Å². The Labute approximate surface area is 125 Å². The topological polar surface area (TPSA) is 66.5 Å². The van der Waals surface area contributed by atoms with Crippen LogP contribution in [0.25, 0.3) is 0 Å². The van der Waals surface area contributed by atoms with Crippen LogP contribution in [0.1, 0.15) is 31.1 Å². The van der Waals surface area contributed by atoms with E-state index in [1.54, 1.807) is 12.1 Å². The molecule has 0 aliphatic carbocycles. The average Bonchev–Trinajstić information content (AvgIpc) is 2.79. The fourth-order valence-electron chi connectivity index (χ4n) is 2.45. The lowest BCUT2D eigenvalue weighted by Gasteiger charge is -2.18. The Bertz CT molecular complexity index is 782. The van der Waals surface area contributed by atoms with E-state index in [9.17, 15) is 18.8 Å². The van der Waals surface area contributed by atoms with Crippen molar-refractivity contribution >= 4 is 23.4 Å². The highest BCUT2D eigenvalue weighted by molar-refractivity contribution is 6.35. The number of carbonyl (C=O) groups excluding carboxylic acids is 3. The van der Waals surface area contributed by atoms with E-state index in [0.717, 1.165) is 6.07 Å². The summed E-state index contributed by atoms with van der Waals surface area (Å²) >= 11 is 0. The van der Waals surface area contributed by atoms with Crippen LogP contribution in [0, 0.1) is 5.82 Å². The molecule has 5 nitrogen and oxygen atoms in total. The molecule has 0 bridgehead atoms. The van der Waals surface area contributed by atoms with E-state index < -0.39 is 23.5 Å². The van der Waals surface area contributed by atoms with Gasteiger partial charge in [-0.05, 0) is 24.3 Å². The molecule has 0 saturated carbocycles. The first-order valence-electron chi connectivity index (χ1n) is 6.54. The van der Waals surface area contributed by atoms with E-state index in [4.69, 9.17) is 0 Å². The third-order valence-corrected chi connectivity index (χ3v) is 3.48. The molecule has 110 valence electrons. The first-order chi connectivity index (χ1) is 10.6. The monoisotopic (exact) mass is 298 g/mol. The zero-order valence-corrected chi connectivity index (χ0v) is 11.6. The van der Waals surface area contributed by atoms with Crippen LogP contribution in [0.3, 0.4) is 0 Å². The van der Waals surface area contributed by atoms with Gasteiger partial charge in [0.25, 0.3) is 17.7 Å². The maximum absolute atomic E-state index is 14.2. The Balaban J connectivity index is 2.20. The quantitative estimate of drug-likeness (QED) is 0.862. The number of carbonyl (C=O) groups is 3. The number of nitrogens with zero attached hydrogens (tertiary/aromatic N) is 1. The van der Waals surface area contributed by atoms with Gasteiger partial charge < -0.3 is 5.32 Å². The summed E-state index contributed by atoms with van der Waals surface area (Å²) in [7, 11) is 1.39.